The van der Waals surface area contributed by atoms with Crippen LogP contribution in [0.15, 0.2) is 29.2 Å². The van der Waals surface area contributed by atoms with Crippen molar-refractivity contribution in [1.29, 1.82) is 0 Å². The lowest BCUT2D eigenvalue weighted by Gasteiger charge is -2.08. The largest absolute Gasteiger partial charge is 0.508 e. The van der Waals surface area contributed by atoms with Gasteiger partial charge in [-0.3, -0.25) is 15.3 Å². The number of sulfonamides is 1. The lowest BCUT2D eigenvalue weighted by Crippen LogP contribution is -2.15. The molecule has 0 saturated heterocycles. The van der Waals surface area contributed by atoms with Crippen LogP contribution in [0.4, 0.5) is 4.79 Å². The average Bonchev–Trinajstić information content (AvgIpc) is 2.48. The molecule has 0 unspecified atom stereocenters. The van der Waals surface area contributed by atoms with E-state index in [0.717, 1.165) is 0 Å². The zero-order valence-electron chi connectivity index (χ0n) is 12.1. The summed E-state index contributed by atoms with van der Waals surface area (Å²) in [6, 6.07) is 5.57. The number of carbonyl (C=O) groups excluding carboxylic acids is 1. The summed E-state index contributed by atoms with van der Waals surface area (Å²) in [5.41, 5.74) is 0.578. The molecule has 0 aliphatic heterocycles. The summed E-state index contributed by atoms with van der Waals surface area (Å²) in [4.78, 5) is 15.6. The quantitative estimate of drug-likeness (QED) is 0.333. The minimum atomic E-state index is -3.75. The van der Waals surface area contributed by atoms with Gasteiger partial charge in [-0.15, -0.1) is 0 Å². The molecule has 0 radical (unpaired) electrons. The van der Waals surface area contributed by atoms with Crippen LogP contribution < -0.4 is 5.14 Å². The molecule has 0 saturated carbocycles. The van der Waals surface area contributed by atoms with E-state index in [-0.39, 0.29) is 24.7 Å². The van der Waals surface area contributed by atoms with Crippen LogP contribution in [0.2, 0.25) is 0 Å². The van der Waals surface area contributed by atoms with Gasteiger partial charge in [-0.1, -0.05) is 12.1 Å². The number of hydrogen-bond acceptors (Lipinski definition) is 9. The molecule has 10 nitrogen and oxygen atoms in total. The number of benzene rings is 1. The van der Waals surface area contributed by atoms with Crippen LogP contribution in [0.5, 0.6) is 0 Å². The lowest BCUT2D eigenvalue weighted by molar-refractivity contribution is -0.492. The number of unbranched alkanes of at least 4 members (excludes halogenated alkanes) is 1. The van der Waals surface area contributed by atoms with E-state index in [9.17, 15) is 13.2 Å². The molecule has 1 aromatic rings. The fourth-order valence-corrected chi connectivity index (χ4v) is 1.98. The van der Waals surface area contributed by atoms with Crippen molar-refractivity contribution in [3.8, 4) is 0 Å². The predicted octanol–water partition coefficient (Wildman–Crippen LogP) is 0.779. The Morgan fingerprint density at radius 3 is 2.26 bits per heavy atom. The van der Waals surface area contributed by atoms with Gasteiger partial charge in [0.05, 0.1) is 23.5 Å². The molecule has 0 atom stereocenters. The normalized spacial score (nSPS) is 11.5. The second-order valence-electron chi connectivity index (χ2n) is 4.37. The Kier molecular flexibility index (Phi) is 7.88. The lowest BCUT2D eigenvalue weighted by atomic mass is 10.2. The first-order valence-electron chi connectivity index (χ1n) is 6.51. The number of carbonyl (C=O) groups is 1. The van der Waals surface area contributed by atoms with Gasteiger partial charge in [0.15, 0.2) is 0 Å². The minimum absolute atomic E-state index is 0.0321. The molecular formula is C12H18N2O8S. The van der Waals surface area contributed by atoms with E-state index in [1.807, 2.05) is 0 Å². The van der Waals surface area contributed by atoms with Gasteiger partial charge in [0.25, 0.3) is 0 Å². The van der Waals surface area contributed by atoms with Crippen molar-refractivity contribution >= 4 is 16.2 Å². The standard InChI is InChI=1S/C12H18N2O8S/c13-23(18,19)11-5-3-10(4-6-11)9-21-12(15)20-7-1-2-8-22-14(16)17/h3-6,16-17H,1-2,7-9H2,(H2,13,18,19). The minimum Gasteiger partial charge on any atom is -0.434 e. The van der Waals surface area contributed by atoms with Crippen molar-refractivity contribution in [3.63, 3.8) is 0 Å². The zero-order chi connectivity index (χ0) is 17.3. The van der Waals surface area contributed by atoms with Crippen LogP contribution in [-0.2, 0) is 30.9 Å². The second kappa shape index (κ2) is 9.39. The first-order valence-corrected chi connectivity index (χ1v) is 8.06. The molecule has 0 spiro atoms. The molecule has 0 fully saturated rings. The van der Waals surface area contributed by atoms with Gasteiger partial charge in [-0.05, 0) is 30.5 Å². The van der Waals surface area contributed by atoms with Gasteiger partial charge in [-0.25, -0.2) is 18.4 Å². The molecule has 11 heteroatoms. The Hall–Kier alpha value is -1.76. The number of ether oxygens (including phenoxy) is 2. The van der Waals surface area contributed by atoms with Crippen LogP contribution in [0.25, 0.3) is 0 Å². The molecule has 0 aromatic heterocycles. The van der Waals surface area contributed by atoms with E-state index in [1.165, 1.54) is 24.3 Å². The number of nitrogens with two attached hydrogens (primary N) is 1. The first-order chi connectivity index (χ1) is 10.8. The van der Waals surface area contributed by atoms with E-state index in [1.54, 1.807) is 0 Å². The van der Waals surface area contributed by atoms with Crippen molar-refractivity contribution < 1.29 is 37.9 Å². The van der Waals surface area contributed by atoms with Crippen molar-refractivity contribution in [2.45, 2.75) is 24.3 Å². The molecule has 4 N–H and O–H groups in total. The molecule has 0 amide bonds. The Bertz CT molecular complexity index is 588. The maximum atomic E-state index is 11.3. The molecule has 0 heterocycles. The van der Waals surface area contributed by atoms with Gasteiger partial charge in [0.2, 0.25) is 10.0 Å². The highest BCUT2D eigenvalue weighted by Gasteiger charge is 2.08. The average molecular weight is 350 g/mol. The smallest absolute Gasteiger partial charge is 0.434 e. The van der Waals surface area contributed by atoms with E-state index < -0.39 is 21.6 Å². The Morgan fingerprint density at radius 2 is 1.70 bits per heavy atom. The molecule has 23 heavy (non-hydrogen) atoms. The summed E-state index contributed by atoms with van der Waals surface area (Å²) in [5.74, 6) is 0. The highest BCUT2D eigenvalue weighted by Crippen LogP contribution is 2.10. The summed E-state index contributed by atoms with van der Waals surface area (Å²) in [6.45, 7) is 0.0715. The third-order valence-electron chi connectivity index (χ3n) is 2.57. The molecule has 130 valence electrons. The Morgan fingerprint density at radius 1 is 1.09 bits per heavy atom. The monoisotopic (exact) mass is 350 g/mol. The predicted molar refractivity (Wildman–Crippen MR) is 74.6 cm³/mol. The van der Waals surface area contributed by atoms with Gasteiger partial charge in [-0.2, -0.15) is 0 Å². The van der Waals surface area contributed by atoms with Gasteiger partial charge >= 0.3 is 6.16 Å². The fourth-order valence-electron chi connectivity index (χ4n) is 1.47. The van der Waals surface area contributed by atoms with Crippen LogP contribution in [-0.4, -0.2) is 43.6 Å². The van der Waals surface area contributed by atoms with Crippen LogP contribution in [0.1, 0.15) is 18.4 Å². The van der Waals surface area contributed by atoms with Crippen molar-refractivity contribution in [1.82, 2.24) is 5.39 Å². The highest BCUT2D eigenvalue weighted by atomic mass is 32.2. The summed E-state index contributed by atoms with van der Waals surface area (Å²) in [5, 5.41) is 21.1. The molecule has 0 aliphatic carbocycles. The topological polar surface area (TPSA) is 149 Å². The molecule has 0 bridgehead atoms. The maximum Gasteiger partial charge on any atom is 0.508 e. The maximum absolute atomic E-state index is 11.3. The van der Waals surface area contributed by atoms with Gasteiger partial charge in [0.1, 0.15) is 6.61 Å². The number of rotatable bonds is 9. The zero-order valence-corrected chi connectivity index (χ0v) is 12.9. The number of hydrogen-bond donors (Lipinski definition) is 3. The van der Waals surface area contributed by atoms with Crippen molar-refractivity contribution in [2.75, 3.05) is 13.2 Å². The highest BCUT2D eigenvalue weighted by molar-refractivity contribution is 7.89. The summed E-state index contributed by atoms with van der Waals surface area (Å²) in [7, 11) is -3.75. The summed E-state index contributed by atoms with van der Waals surface area (Å²) >= 11 is 0. The van der Waals surface area contributed by atoms with Crippen LogP contribution >= 0.6 is 0 Å². The van der Waals surface area contributed by atoms with Crippen molar-refractivity contribution in [3.05, 3.63) is 29.8 Å². The Labute approximate surface area is 132 Å². The SMILES string of the molecule is NS(=O)(=O)c1ccc(COC(=O)OCCCCON(O)O)cc1. The van der Waals surface area contributed by atoms with Crippen molar-refractivity contribution in [2.24, 2.45) is 5.14 Å². The van der Waals surface area contributed by atoms with E-state index >= 15 is 0 Å². The molecule has 1 rings (SSSR count). The third kappa shape index (κ3) is 8.44. The molecule has 0 aliphatic rings. The van der Waals surface area contributed by atoms with E-state index in [2.05, 4.69) is 4.84 Å². The Balaban J connectivity index is 2.21. The number of nitrogens with zero attached hydrogens (tertiary/aromatic N) is 1. The summed E-state index contributed by atoms with van der Waals surface area (Å²) < 4.78 is 31.8. The van der Waals surface area contributed by atoms with Crippen LogP contribution in [0, 0.1) is 0 Å². The molecular weight excluding hydrogens is 332 g/mol. The fraction of sp³-hybridized carbons (Fsp3) is 0.417. The van der Waals surface area contributed by atoms with E-state index in [4.69, 9.17) is 25.0 Å². The van der Waals surface area contributed by atoms with Gasteiger partial charge < -0.3 is 9.47 Å². The summed E-state index contributed by atoms with van der Waals surface area (Å²) in [6.07, 6.45) is 0.0266. The molecule has 1 aromatic carbocycles. The van der Waals surface area contributed by atoms with Gasteiger partial charge in [0, 0.05) is 0 Å². The number of primary sulfonamides is 1. The van der Waals surface area contributed by atoms with Crippen LogP contribution in [0.3, 0.4) is 0 Å². The second-order valence-corrected chi connectivity index (χ2v) is 5.93. The van der Waals surface area contributed by atoms with E-state index in [0.29, 0.717) is 18.4 Å². The first kappa shape index (κ1) is 19.3. The third-order valence-corrected chi connectivity index (χ3v) is 3.50.